The smallest absolute Gasteiger partial charge is 0.308 e. The molecule has 1 rings (SSSR count). The normalized spacial score (nSPS) is 12.6. The molecule has 5 nitrogen and oxygen atoms in total. The van der Waals surface area contributed by atoms with Crippen molar-refractivity contribution in [3.05, 3.63) is 17.0 Å². The Labute approximate surface area is 111 Å². The molecule has 0 spiro atoms. The molecular weight excluding hydrogens is 274 g/mol. The van der Waals surface area contributed by atoms with Gasteiger partial charge in [0, 0.05) is 10.4 Å². The van der Waals surface area contributed by atoms with E-state index in [-0.39, 0.29) is 10.6 Å². The van der Waals surface area contributed by atoms with Gasteiger partial charge in [0.2, 0.25) is 0 Å². The highest BCUT2D eigenvalue weighted by Gasteiger charge is 2.25. The van der Waals surface area contributed by atoms with Crippen LogP contribution < -0.4 is 4.72 Å². The lowest BCUT2D eigenvalue weighted by molar-refractivity contribution is -0.136. The van der Waals surface area contributed by atoms with Crippen LogP contribution in [-0.2, 0) is 21.2 Å². The van der Waals surface area contributed by atoms with Crippen molar-refractivity contribution in [2.45, 2.75) is 43.4 Å². The summed E-state index contributed by atoms with van der Waals surface area (Å²) in [5, 5.41) is 8.65. The molecule has 0 amide bonds. The summed E-state index contributed by atoms with van der Waals surface area (Å²) in [5.74, 6) is -0.970. The number of sulfonamides is 1. The van der Waals surface area contributed by atoms with Crippen LogP contribution in [0, 0.1) is 0 Å². The molecule has 0 bridgehead atoms. The second-order valence-electron chi connectivity index (χ2n) is 4.63. The molecule has 0 saturated carbocycles. The van der Waals surface area contributed by atoms with E-state index < -0.39 is 21.5 Å². The van der Waals surface area contributed by atoms with E-state index in [2.05, 4.69) is 4.72 Å². The first-order valence-corrected chi connectivity index (χ1v) is 7.81. The van der Waals surface area contributed by atoms with Gasteiger partial charge in [-0.2, -0.15) is 0 Å². The summed E-state index contributed by atoms with van der Waals surface area (Å²) >= 11 is 0.988. The van der Waals surface area contributed by atoms with Gasteiger partial charge in [-0.1, -0.05) is 6.92 Å². The van der Waals surface area contributed by atoms with Gasteiger partial charge in [-0.15, -0.1) is 11.3 Å². The molecule has 0 saturated heterocycles. The first-order chi connectivity index (χ1) is 8.16. The third kappa shape index (κ3) is 4.08. The Hall–Kier alpha value is -0.920. The first-order valence-electron chi connectivity index (χ1n) is 5.51. The van der Waals surface area contributed by atoms with Crippen LogP contribution in [-0.4, -0.2) is 25.0 Å². The molecule has 0 atom stereocenters. The van der Waals surface area contributed by atoms with Crippen molar-refractivity contribution < 1.29 is 18.3 Å². The van der Waals surface area contributed by atoms with Crippen LogP contribution in [0.4, 0.5) is 0 Å². The summed E-state index contributed by atoms with van der Waals surface area (Å²) in [5.41, 5.74) is -0.518. The fraction of sp³-hybridized carbons (Fsp3) is 0.545. The van der Waals surface area contributed by atoms with Crippen LogP contribution in [0.2, 0.25) is 0 Å². The molecule has 0 radical (unpaired) electrons. The zero-order chi connectivity index (χ0) is 14.0. The number of nitrogens with one attached hydrogen (secondary N) is 1. The van der Waals surface area contributed by atoms with E-state index in [0.29, 0.717) is 11.3 Å². The number of hydrogen-bond donors (Lipinski definition) is 2. The number of hydrogen-bond acceptors (Lipinski definition) is 4. The van der Waals surface area contributed by atoms with Crippen LogP contribution in [0.15, 0.2) is 16.3 Å². The monoisotopic (exact) mass is 291 g/mol. The van der Waals surface area contributed by atoms with Gasteiger partial charge in [-0.25, -0.2) is 13.1 Å². The standard InChI is InChI=1S/C11H17NO4S2/c1-4-11(2,3)12-18(15,16)10-6-5-8(17-10)7-9(13)14/h5-6,12H,4,7H2,1-3H3,(H,13,14). The molecular formula is C11H17NO4S2. The maximum Gasteiger partial charge on any atom is 0.308 e. The van der Waals surface area contributed by atoms with Crippen molar-refractivity contribution in [1.29, 1.82) is 0 Å². The summed E-state index contributed by atoms with van der Waals surface area (Å²) in [7, 11) is -3.57. The number of rotatable bonds is 6. The van der Waals surface area contributed by atoms with Gasteiger partial charge in [-0.3, -0.25) is 4.79 Å². The minimum atomic E-state index is -3.57. The third-order valence-corrected chi connectivity index (χ3v) is 5.80. The predicted octanol–water partition coefficient (Wildman–Crippen LogP) is 1.84. The number of thiophene rings is 1. The Morgan fingerprint density at radius 2 is 2.06 bits per heavy atom. The molecule has 0 aliphatic rings. The van der Waals surface area contributed by atoms with Crippen LogP contribution in [0.3, 0.4) is 0 Å². The van der Waals surface area contributed by atoms with Crippen molar-refractivity contribution in [3.8, 4) is 0 Å². The molecule has 2 N–H and O–H groups in total. The number of carboxylic acids is 1. The summed E-state index contributed by atoms with van der Waals surface area (Å²) in [4.78, 5) is 11.1. The maximum absolute atomic E-state index is 12.1. The molecule has 102 valence electrons. The van der Waals surface area contributed by atoms with Crippen LogP contribution in [0.1, 0.15) is 32.1 Å². The molecule has 0 aromatic carbocycles. The molecule has 0 aliphatic heterocycles. The number of aliphatic carboxylic acids is 1. The van der Waals surface area contributed by atoms with Gasteiger partial charge >= 0.3 is 5.97 Å². The van der Waals surface area contributed by atoms with Gasteiger partial charge < -0.3 is 5.11 Å². The second-order valence-corrected chi connectivity index (χ2v) is 7.71. The summed E-state index contributed by atoms with van der Waals surface area (Å²) < 4.78 is 26.9. The SMILES string of the molecule is CCC(C)(C)NS(=O)(=O)c1ccc(CC(=O)O)s1. The van der Waals surface area contributed by atoms with Crippen LogP contribution in [0.5, 0.6) is 0 Å². The van der Waals surface area contributed by atoms with Gasteiger partial charge in [-0.05, 0) is 32.4 Å². The van der Waals surface area contributed by atoms with Crippen molar-refractivity contribution in [1.82, 2.24) is 4.72 Å². The highest BCUT2D eigenvalue weighted by Crippen LogP contribution is 2.23. The lowest BCUT2D eigenvalue weighted by Crippen LogP contribution is -2.42. The minimum Gasteiger partial charge on any atom is -0.481 e. The molecule has 0 aliphatic carbocycles. The van der Waals surface area contributed by atoms with Crippen molar-refractivity contribution >= 4 is 27.3 Å². The highest BCUT2D eigenvalue weighted by atomic mass is 32.2. The van der Waals surface area contributed by atoms with Crippen LogP contribution >= 0.6 is 11.3 Å². The Morgan fingerprint density at radius 1 is 1.44 bits per heavy atom. The summed E-state index contributed by atoms with van der Waals surface area (Å²) in [6.45, 7) is 5.50. The number of carboxylic acid groups (broad SMARTS) is 1. The molecule has 18 heavy (non-hydrogen) atoms. The Balaban J connectivity index is 2.92. The van der Waals surface area contributed by atoms with E-state index in [1.807, 2.05) is 6.92 Å². The van der Waals surface area contributed by atoms with E-state index in [9.17, 15) is 13.2 Å². The second kappa shape index (κ2) is 5.38. The van der Waals surface area contributed by atoms with Gasteiger partial charge in [0.1, 0.15) is 4.21 Å². The summed E-state index contributed by atoms with van der Waals surface area (Å²) in [6, 6.07) is 2.98. The minimum absolute atomic E-state index is 0.153. The molecule has 7 heteroatoms. The van der Waals surface area contributed by atoms with Crippen molar-refractivity contribution in [2.75, 3.05) is 0 Å². The van der Waals surface area contributed by atoms with Gasteiger partial charge in [0.25, 0.3) is 10.0 Å². The fourth-order valence-corrected chi connectivity index (χ4v) is 4.06. The Morgan fingerprint density at radius 3 is 2.56 bits per heavy atom. The zero-order valence-electron chi connectivity index (χ0n) is 10.6. The van der Waals surface area contributed by atoms with E-state index in [0.717, 1.165) is 11.3 Å². The Kier molecular flexibility index (Phi) is 4.52. The topological polar surface area (TPSA) is 83.5 Å². The van der Waals surface area contributed by atoms with Crippen LogP contribution in [0.25, 0.3) is 0 Å². The Bertz CT molecular complexity index is 531. The fourth-order valence-electron chi connectivity index (χ4n) is 1.23. The van der Waals surface area contributed by atoms with Gasteiger partial charge in [0.05, 0.1) is 6.42 Å². The lowest BCUT2D eigenvalue weighted by atomic mass is 10.0. The molecule has 1 aromatic heterocycles. The predicted molar refractivity (Wildman–Crippen MR) is 70.4 cm³/mol. The lowest BCUT2D eigenvalue weighted by Gasteiger charge is -2.23. The quantitative estimate of drug-likeness (QED) is 0.837. The molecule has 0 fully saturated rings. The molecule has 1 aromatic rings. The maximum atomic E-state index is 12.1. The van der Waals surface area contributed by atoms with Crippen molar-refractivity contribution in [2.24, 2.45) is 0 Å². The average Bonchev–Trinajstić information content (AvgIpc) is 2.64. The average molecular weight is 291 g/mol. The first kappa shape index (κ1) is 15.1. The number of carbonyl (C=O) groups is 1. The highest BCUT2D eigenvalue weighted by molar-refractivity contribution is 7.91. The van der Waals surface area contributed by atoms with E-state index in [1.165, 1.54) is 12.1 Å². The van der Waals surface area contributed by atoms with E-state index in [1.54, 1.807) is 13.8 Å². The van der Waals surface area contributed by atoms with Gasteiger partial charge in [0.15, 0.2) is 0 Å². The van der Waals surface area contributed by atoms with E-state index >= 15 is 0 Å². The largest absolute Gasteiger partial charge is 0.481 e. The van der Waals surface area contributed by atoms with Crippen molar-refractivity contribution in [3.63, 3.8) is 0 Å². The van der Waals surface area contributed by atoms with E-state index in [4.69, 9.17) is 5.11 Å². The third-order valence-electron chi connectivity index (χ3n) is 2.52. The molecule has 0 unspecified atom stereocenters. The summed E-state index contributed by atoms with van der Waals surface area (Å²) in [6.07, 6.45) is 0.511. The zero-order valence-corrected chi connectivity index (χ0v) is 12.2. The molecule has 1 heterocycles.